The van der Waals surface area contributed by atoms with Gasteiger partial charge in [-0.3, -0.25) is 0 Å². The molecule has 2 aromatic rings. The molecule has 0 aliphatic heterocycles. The van der Waals surface area contributed by atoms with E-state index in [2.05, 4.69) is 24.5 Å². The fourth-order valence-electron chi connectivity index (χ4n) is 2.59. The fraction of sp³-hybridized carbons (Fsp3) is 0.562. The summed E-state index contributed by atoms with van der Waals surface area (Å²) in [4.78, 5) is 4.81. The van der Waals surface area contributed by atoms with Crippen molar-refractivity contribution >= 4 is 11.0 Å². The Morgan fingerprint density at radius 1 is 1.40 bits per heavy atom. The highest BCUT2D eigenvalue weighted by Gasteiger charge is 2.29. The monoisotopic (exact) mass is 273 g/mol. The van der Waals surface area contributed by atoms with Gasteiger partial charge in [-0.25, -0.2) is 4.98 Å². The molecular weight excluding hydrogens is 250 g/mol. The second kappa shape index (κ2) is 5.09. The maximum Gasteiger partial charge on any atom is 0.121 e. The molecule has 1 saturated carbocycles. The zero-order valence-electron chi connectivity index (χ0n) is 12.5. The minimum absolute atomic E-state index is 0.159. The smallest absolute Gasteiger partial charge is 0.121 e. The Bertz CT molecular complexity index is 613. The van der Waals surface area contributed by atoms with Crippen molar-refractivity contribution < 1.29 is 4.74 Å². The predicted octanol–water partition coefficient (Wildman–Crippen LogP) is 2.91. The third-order valence-electron chi connectivity index (χ3n) is 4.16. The number of hydrogen-bond acceptors (Lipinski definition) is 3. The first-order valence-electron chi connectivity index (χ1n) is 7.40. The fourth-order valence-corrected chi connectivity index (χ4v) is 2.59. The number of ether oxygens (including phenoxy) is 1. The van der Waals surface area contributed by atoms with Crippen molar-refractivity contribution in [2.75, 3.05) is 7.11 Å². The standard InChI is InChI=1S/C16H23N3O/c1-10(2)13(17)9-16-18-14-8-12(20-3)6-7-15(14)19(16)11-4-5-11/h6-8,10-11,13H,4-5,9,17H2,1-3H3. The highest BCUT2D eigenvalue weighted by Crippen LogP contribution is 2.39. The number of nitrogens with zero attached hydrogens (tertiary/aromatic N) is 2. The van der Waals surface area contributed by atoms with Crippen LogP contribution in [0.15, 0.2) is 18.2 Å². The van der Waals surface area contributed by atoms with Crippen LogP contribution in [0.25, 0.3) is 11.0 Å². The van der Waals surface area contributed by atoms with Crippen LogP contribution in [-0.4, -0.2) is 22.7 Å². The maximum absolute atomic E-state index is 6.24. The Morgan fingerprint density at radius 3 is 2.75 bits per heavy atom. The Kier molecular flexibility index (Phi) is 3.42. The molecule has 1 unspecified atom stereocenters. The summed E-state index contributed by atoms with van der Waals surface area (Å²) in [5.41, 5.74) is 8.46. The summed E-state index contributed by atoms with van der Waals surface area (Å²) in [5.74, 6) is 2.45. The topological polar surface area (TPSA) is 53.1 Å². The van der Waals surface area contributed by atoms with E-state index in [9.17, 15) is 0 Å². The maximum atomic E-state index is 6.24. The van der Waals surface area contributed by atoms with Gasteiger partial charge < -0.3 is 15.0 Å². The predicted molar refractivity (Wildman–Crippen MR) is 81.1 cm³/mol. The second-order valence-corrected chi connectivity index (χ2v) is 6.10. The molecule has 1 aliphatic rings. The number of methoxy groups -OCH3 is 1. The van der Waals surface area contributed by atoms with Gasteiger partial charge in [-0.2, -0.15) is 0 Å². The van der Waals surface area contributed by atoms with Crippen molar-refractivity contribution in [3.8, 4) is 5.75 Å². The van der Waals surface area contributed by atoms with Crippen LogP contribution in [-0.2, 0) is 6.42 Å². The summed E-state index contributed by atoms with van der Waals surface area (Å²) in [6.45, 7) is 4.33. The normalized spacial score (nSPS) is 16.9. The molecule has 0 radical (unpaired) electrons. The third kappa shape index (κ3) is 2.40. The van der Waals surface area contributed by atoms with Crippen LogP contribution in [0.1, 0.15) is 38.6 Å². The molecule has 1 aliphatic carbocycles. The molecule has 1 aromatic heterocycles. The summed E-state index contributed by atoms with van der Waals surface area (Å²) < 4.78 is 7.68. The van der Waals surface area contributed by atoms with Gasteiger partial charge in [-0.15, -0.1) is 0 Å². The average molecular weight is 273 g/mol. The van der Waals surface area contributed by atoms with E-state index in [0.717, 1.165) is 23.5 Å². The molecule has 4 heteroatoms. The van der Waals surface area contributed by atoms with Gasteiger partial charge in [0.1, 0.15) is 11.6 Å². The first-order chi connectivity index (χ1) is 9.60. The van der Waals surface area contributed by atoms with Gasteiger partial charge in [-0.05, 0) is 30.9 Å². The molecule has 0 saturated heterocycles. The lowest BCUT2D eigenvalue weighted by Gasteiger charge is -2.16. The Hall–Kier alpha value is -1.55. The van der Waals surface area contributed by atoms with Crippen molar-refractivity contribution in [1.29, 1.82) is 0 Å². The van der Waals surface area contributed by atoms with E-state index >= 15 is 0 Å². The van der Waals surface area contributed by atoms with Crippen molar-refractivity contribution in [1.82, 2.24) is 9.55 Å². The van der Waals surface area contributed by atoms with Crippen molar-refractivity contribution in [3.05, 3.63) is 24.0 Å². The van der Waals surface area contributed by atoms with E-state index in [1.54, 1.807) is 7.11 Å². The van der Waals surface area contributed by atoms with Crippen LogP contribution in [0.5, 0.6) is 5.75 Å². The summed E-state index contributed by atoms with van der Waals surface area (Å²) in [6.07, 6.45) is 3.34. The molecule has 1 aromatic carbocycles. The molecule has 1 heterocycles. The van der Waals surface area contributed by atoms with Gasteiger partial charge in [0.15, 0.2) is 0 Å². The number of rotatable bonds is 5. The zero-order valence-corrected chi connectivity index (χ0v) is 12.5. The summed E-state index contributed by atoms with van der Waals surface area (Å²) >= 11 is 0. The van der Waals surface area contributed by atoms with Crippen LogP contribution in [0.2, 0.25) is 0 Å². The Labute approximate surface area is 119 Å². The summed E-state index contributed by atoms with van der Waals surface area (Å²) in [6, 6.07) is 6.91. The first-order valence-corrected chi connectivity index (χ1v) is 7.40. The largest absolute Gasteiger partial charge is 0.497 e. The molecule has 2 N–H and O–H groups in total. The lowest BCUT2D eigenvalue weighted by atomic mass is 10.0. The highest BCUT2D eigenvalue weighted by molar-refractivity contribution is 5.78. The number of nitrogens with two attached hydrogens (primary N) is 1. The van der Waals surface area contributed by atoms with Crippen molar-refractivity contribution in [3.63, 3.8) is 0 Å². The van der Waals surface area contributed by atoms with Crippen LogP contribution in [0, 0.1) is 5.92 Å². The Morgan fingerprint density at radius 2 is 2.15 bits per heavy atom. The number of benzene rings is 1. The van der Waals surface area contributed by atoms with E-state index in [1.807, 2.05) is 12.1 Å². The van der Waals surface area contributed by atoms with Gasteiger partial charge >= 0.3 is 0 Å². The van der Waals surface area contributed by atoms with Crippen LogP contribution < -0.4 is 10.5 Å². The van der Waals surface area contributed by atoms with Gasteiger partial charge in [-0.1, -0.05) is 13.8 Å². The SMILES string of the molecule is COc1ccc2c(c1)nc(CC(N)C(C)C)n2C1CC1. The molecule has 0 spiro atoms. The van der Waals surface area contributed by atoms with E-state index in [-0.39, 0.29) is 6.04 Å². The minimum atomic E-state index is 0.159. The molecule has 3 rings (SSSR count). The summed E-state index contributed by atoms with van der Waals surface area (Å²) in [7, 11) is 1.69. The van der Waals surface area contributed by atoms with Crippen LogP contribution in [0.4, 0.5) is 0 Å². The summed E-state index contributed by atoms with van der Waals surface area (Å²) in [5, 5.41) is 0. The molecule has 0 amide bonds. The number of hydrogen-bond donors (Lipinski definition) is 1. The number of imidazole rings is 1. The van der Waals surface area contributed by atoms with E-state index in [0.29, 0.717) is 12.0 Å². The highest BCUT2D eigenvalue weighted by atomic mass is 16.5. The van der Waals surface area contributed by atoms with Gasteiger partial charge in [0.25, 0.3) is 0 Å². The van der Waals surface area contributed by atoms with Gasteiger partial charge in [0, 0.05) is 24.6 Å². The molecule has 1 fully saturated rings. The number of aromatic nitrogens is 2. The average Bonchev–Trinajstić information content (AvgIpc) is 3.19. The minimum Gasteiger partial charge on any atom is -0.497 e. The molecular formula is C16H23N3O. The van der Waals surface area contributed by atoms with Crippen molar-refractivity contribution in [2.24, 2.45) is 11.7 Å². The molecule has 4 nitrogen and oxygen atoms in total. The third-order valence-corrected chi connectivity index (χ3v) is 4.16. The van der Waals surface area contributed by atoms with Crippen LogP contribution >= 0.6 is 0 Å². The van der Waals surface area contributed by atoms with E-state index in [1.165, 1.54) is 18.4 Å². The van der Waals surface area contributed by atoms with Crippen LogP contribution in [0.3, 0.4) is 0 Å². The molecule has 108 valence electrons. The zero-order chi connectivity index (χ0) is 14.3. The van der Waals surface area contributed by atoms with E-state index < -0.39 is 0 Å². The lowest BCUT2D eigenvalue weighted by Crippen LogP contribution is -2.30. The molecule has 1 atom stereocenters. The van der Waals surface area contributed by atoms with Gasteiger partial charge in [0.05, 0.1) is 18.1 Å². The van der Waals surface area contributed by atoms with Crippen molar-refractivity contribution in [2.45, 2.75) is 45.2 Å². The quantitative estimate of drug-likeness (QED) is 0.911. The number of fused-ring (bicyclic) bond motifs is 1. The molecule has 0 bridgehead atoms. The second-order valence-electron chi connectivity index (χ2n) is 6.10. The lowest BCUT2D eigenvalue weighted by molar-refractivity contribution is 0.415. The molecule has 20 heavy (non-hydrogen) atoms. The first kappa shape index (κ1) is 13.4. The Balaban J connectivity index is 2.03. The van der Waals surface area contributed by atoms with E-state index in [4.69, 9.17) is 15.5 Å². The van der Waals surface area contributed by atoms with Gasteiger partial charge in [0.2, 0.25) is 0 Å².